The molecule has 0 fully saturated rings. The van der Waals surface area contributed by atoms with Crippen LogP contribution in [0.4, 0.5) is 0 Å². The Labute approximate surface area is 98.8 Å². The average molecular weight is 195 g/mol. The van der Waals surface area contributed by atoms with Crippen molar-refractivity contribution in [2.75, 3.05) is 0 Å². The Balaban J connectivity index is 5.29. The number of hydrogen-bond donors (Lipinski definition) is 0. The minimum absolute atomic E-state index is 0.297. The summed E-state index contributed by atoms with van der Waals surface area (Å²) >= 11 is 0. The van der Waals surface area contributed by atoms with E-state index in [1.165, 1.54) is 0 Å². The molecule has 0 atom stereocenters. The van der Waals surface area contributed by atoms with Crippen LogP contribution in [-0.4, -0.2) is 37.2 Å². The van der Waals surface area contributed by atoms with E-state index >= 15 is 0 Å². The van der Waals surface area contributed by atoms with Gasteiger partial charge in [-0.05, 0) is 5.41 Å². The third kappa shape index (κ3) is 2.54. The third-order valence-electron chi connectivity index (χ3n) is 2.86. The predicted molar refractivity (Wildman–Crippen MR) is 67.7 cm³/mol. The lowest BCUT2D eigenvalue weighted by Gasteiger charge is -2.52. The maximum Gasteiger partial charge on any atom is 0.123 e. The fraction of sp³-hybridized carbons (Fsp3) is 0.900. The van der Waals surface area contributed by atoms with E-state index in [1.54, 1.807) is 34.6 Å². The molecule has 0 spiro atoms. The monoisotopic (exact) mass is 196 g/mol. The van der Waals surface area contributed by atoms with Gasteiger partial charge in [-0.3, -0.25) is 0 Å². The molecular weight excluding hydrogens is 179 g/mol. The van der Waals surface area contributed by atoms with E-state index in [2.05, 4.69) is 0 Å². The number of rotatable bonds is 3. The number of carbonyl (C=O) groups excluding carboxylic acids is 1. The molecular formula is C10H16B4O. The Morgan fingerprint density at radius 1 is 1.00 bits per heavy atom. The molecule has 0 amide bonds. The molecule has 0 heterocycles. The Kier molecular flexibility index (Phi) is 4.05. The van der Waals surface area contributed by atoms with Gasteiger partial charge in [0.05, 0.1) is 31.4 Å². The Morgan fingerprint density at radius 3 is 1.53 bits per heavy atom. The van der Waals surface area contributed by atoms with Crippen LogP contribution in [0.3, 0.4) is 0 Å². The largest absolute Gasteiger partial charge is 0.301 e. The summed E-state index contributed by atoms with van der Waals surface area (Å²) in [6, 6.07) is 0. The maximum atomic E-state index is 11.8. The second kappa shape index (κ2) is 4.07. The van der Waals surface area contributed by atoms with E-state index in [-0.39, 0.29) is 11.7 Å². The van der Waals surface area contributed by atoms with Crippen molar-refractivity contribution < 1.29 is 4.79 Å². The van der Waals surface area contributed by atoms with Crippen LogP contribution >= 0.6 is 0 Å². The molecule has 0 aliphatic heterocycles. The summed E-state index contributed by atoms with van der Waals surface area (Å²) in [5.74, 6) is -0.628. The normalized spacial score (nSPS) is 14.3. The van der Waals surface area contributed by atoms with Gasteiger partial charge in [0.2, 0.25) is 0 Å². The fourth-order valence-electron chi connectivity index (χ4n) is 1.30. The van der Waals surface area contributed by atoms with Gasteiger partial charge in [0.25, 0.3) is 0 Å². The van der Waals surface area contributed by atoms with Crippen LogP contribution in [0.5, 0.6) is 0 Å². The zero-order valence-electron chi connectivity index (χ0n) is 10.3. The van der Waals surface area contributed by atoms with Gasteiger partial charge < -0.3 is 4.79 Å². The molecule has 0 aromatic carbocycles. The summed E-state index contributed by atoms with van der Waals surface area (Å²) in [5.41, 5.74) is -0.568. The lowest BCUT2D eigenvalue weighted by atomic mass is 9.23. The fourth-order valence-corrected chi connectivity index (χ4v) is 1.30. The first-order valence-electron chi connectivity index (χ1n) is 5.05. The Bertz CT molecular complexity index is 251. The molecule has 0 aliphatic rings. The SMILES string of the molecule is [B]C([B])(C(=O)C(C)C)C([B])([B])C(C)(C)C. The van der Waals surface area contributed by atoms with Gasteiger partial charge in [-0.25, -0.2) is 0 Å². The summed E-state index contributed by atoms with van der Waals surface area (Å²) in [7, 11) is 23.4. The molecule has 0 saturated carbocycles. The molecule has 8 radical (unpaired) electrons. The topological polar surface area (TPSA) is 17.1 Å². The summed E-state index contributed by atoms with van der Waals surface area (Å²) in [4.78, 5) is 11.8. The zero-order valence-corrected chi connectivity index (χ0v) is 10.3. The number of carbonyl (C=O) groups is 1. The molecule has 15 heavy (non-hydrogen) atoms. The summed E-state index contributed by atoms with van der Waals surface area (Å²) in [6.45, 7) is 8.84. The molecule has 0 N–H and O–H groups in total. The molecule has 0 unspecified atom stereocenters. The first kappa shape index (κ1) is 14.9. The zero-order chi connectivity index (χ0) is 12.7. The van der Waals surface area contributed by atoms with Crippen molar-refractivity contribution in [3.8, 4) is 0 Å². The van der Waals surface area contributed by atoms with Crippen molar-refractivity contribution in [3.05, 3.63) is 0 Å². The summed E-state index contributed by atoms with van der Waals surface area (Å²) in [6.07, 6.45) is 0. The van der Waals surface area contributed by atoms with Crippen molar-refractivity contribution in [2.45, 2.75) is 45.0 Å². The summed E-state index contributed by atoms with van der Waals surface area (Å²) in [5, 5.41) is -3.18. The Hall–Kier alpha value is -0.0703. The molecule has 74 valence electrons. The molecule has 0 bridgehead atoms. The maximum absolute atomic E-state index is 11.8. The average Bonchev–Trinajstić information content (AvgIpc) is 2.00. The van der Waals surface area contributed by atoms with E-state index in [1.807, 2.05) is 0 Å². The van der Waals surface area contributed by atoms with E-state index in [0.717, 1.165) is 0 Å². The molecule has 0 saturated heterocycles. The van der Waals surface area contributed by atoms with Crippen LogP contribution in [0.25, 0.3) is 0 Å². The highest BCUT2D eigenvalue weighted by Crippen LogP contribution is 2.55. The molecule has 0 aromatic rings. The number of ketones is 1. The Morgan fingerprint density at radius 2 is 1.33 bits per heavy atom. The third-order valence-corrected chi connectivity index (χ3v) is 2.86. The van der Waals surface area contributed by atoms with Crippen molar-refractivity contribution in [3.63, 3.8) is 0 Å². The molecule has 5 heteroatoms. The highest BCUT2D eigenvalue weighted by Gasteiger charge is 2.47. The summed E-state index contributed by atoms with van der Waals surface area (Å²) < 4.78 is 0. The highest BCUT2D eigenvalue weighted by atomic mass is 16.1. The van der Waals surface area contributed by atoms with Gasteiger partial charge in [0.15, 0.2) is 0 Å². The van der Waals surface area contributed by atoms with Crippen LogP contribution in [0, 0.1) is 11.3 Å². The number of Topliss-reactive ketones (excluding diaryl/α,β-unsaturated/α-hetero) is 1. The van der Waals surface area contributed by atoms with Crippen LogP contribution in [0.1, 0.15) is 34.6 Å². The lowest BCUT2D eigenvalue weighted by Crippen LogP contribution is -2.47. The quantitative estimate of drug-likeness (QED) is 0.618. The van der Waals surface area contributed by atoms with E-state index in [9.17, 15) is 4.79 Å². The molecule has 0 rings (SSSR count). The van der Waals surface area contributed by atoms with Crippen molar-refractivity contribution in [2.24, 2.45) is 11.3 Å². The second-order valence-corrected chi connectivity index (χ2v) is 5.51. The molecule has 1 nitrogen and oxygen atoms in total. The van der Waals surface area contributed by atoms with Crippen molar-refractivity contribution in [1.29, 1.82) is 0 Å². The van der Waals surface area contributed by atoms with Crippen molar-refractivity contribution in [1.82, 2.24) is 0 Å². The van der Waals surface area contributed by atoms with Gasteiger partial charge >= 0.3 is 0 Å². The molecule has 0 aliphatic carbocycles. The first-order valence-corrected chi connectivity index (χ1v) is 5.05. The highest BCUT2D eigenvalue weighted by molar-refractivity contribution is 6.61. The van der Waals surface area contributed by atoms with Crippen LogP contribution in [-0.2, 0) is 4.79 Å². The number of hydrogen-bond acceptors (Lipinski definition) is 1. The minimum Gasteiger partial charge on any atom is -0.301 e. The van der Waals surface area contributed by atoms with Gasteiger partial charge in [-0.15, -0.1) is 0 Å². The van der Waals surface area contributed by atoms with Gasteiger partial charge in [0, 0.05) is 5.92 Å². The second-order valence-electron chi connectivity index (χ2n) is 5.51. The van der Waals surface area contributed by atoms with E-state index in [0.29, 0.717) is 0 Å². The van der Waals surface area contributed by atoms with Crippen molar-refractivity contribution >= 4 is 37.2 Å². The molecule has 0 aromatic heterocycles. The van der Waals surface area contributed by atoms with Crippen LogP contribution < -0.4 is 0 Å². The van der Waals surface area contributed by atoms with Crippen LogP contribution in [0.2, 0.25) is 10.4 Å². The first-order chi connectivity index (χ1) is 6.35. The van der Waals surface area contributed by atoms with E-state index in [4.69, 9.17) is 31.4 Å². The van der Waals surface area contributed by atoms with Gasteiger partial charge in [-0.1, -0.05) is 45.0 Å². The van der Waals surface area contributed by atoms with Crippen LogP contribution in [0.15, 0.2) is 0 Å². The predicted octanol–water partition coefficient (Wildman–Crippen LogP) is 1.16. The standard InChI is InChI=1S/C10H16B4O/c1-6(2)7(15)9(11,12)10(13,14)8(3,4)5/h6H,1-5H3. The van der Waals surface area contributed by atoms with Gasteiger partial charge in [0.1, 0.15) is 5.78 Å². The smallest absolute Gasteiger partial charge is 0.123 e. The lowest BCUT2D eigenvalue weighted by molar-refractivity contribution is -0.123. The van der Waals surface area contributed by atoms with Gasteiger partial charge in [-0.2, -0.15) is 0 Å². The minimum atomic E-state index is -1.72. The van der Waals surface area contributed by atoms with E-state index < -0.39 is 15.8 Å².